The third kappa shape index (κ3) is 6.52. The van der Waals surface area contributed by atoms with Crippen molar-refractivity contribution < 1.29 is 13.6 Å². The smallest absolute Gasteiger partial charge is 0.251 e. The lowest BCUT2D eigenvalue weighted by Gasteiger charge is -2.21. The lowest BCUT2D eigenvalue weighted by atomic mass is 10.1. The maximum atomic E-state index is 14.0. The van der Waals surface area contributed by atoms with Crippen LogP contribution in [-0.4, -0.2) is 44.6 Å². The van der Waals surface area contributed by atoms with Crippen LogP contribution in [0.15, 0.2) is 47.5 Å². The molecule has 1 unspecified atom stereocenters. The molecule has 0 aromatic heterocycles. The van der Waals surface area contributed by atoms with E-state index in [4.69, 9.17) is 0 Å². The van der Waals surface area contributed by atoms with Gasteiger partial charge in [0.05, 0.1) is 0 Å². The van der Waals surface area contributed by atoms with Crippen LogP contribution in [0.5, 0.6) is 0 Å². The standard InChI is InChI=1S/C22H27F2N5O.HI/c1-3-26-21(30)16-7-4-6-15(12-16)13-27-22(25-2)28-17-10-11-29(14-17)20-18(23)8-5-9-19(20)24;/h4-9,12,17H,3,10-11,13-14H2,1-2H3,(H,26,30)(H2,25,27,28);1H. The molecule has 0 saturated carbocycles. The number of nitrogens with zero attached hydrogens (tertiary/aromatic N) is 2. The number of nitrogens with one attached hydrogen (secondary N) is 3. The van der Waals surface area contributed by atoms with Crippen LogP contribution in [0.2, 0.25) is 0 Å². The summed E-state index contributed by atoms with van der Waals surface area (Å²) in [5, 5.41) is 9.32. The molecule has 1 atom stereocenters. The summed E-state index contributed by atoms with van der Waals surface area (Å²) in [6.07, 6.45) is 0.737. The van der Waals surface area contributed by atoms with Gasteiger partial charge >= 0.3 is 0 Å². The fourth-order valence-corrected chi connectivity index (χ4v) is 3.53. The molecule has 1 fully saturated rings. The van der Waals surface area contributed by atoms with Crippen molar-refractivity contribution >= 4 is 41.5 Å². The average molecular weight is 543 g/mol. The van der Waals surface area contributed by atoms with E-state index in [0.717, 1.165) is 12.0 Å². The topological polar surface area (TPSA) is 68.8 Å². The Kier molecular flexibility index (Phi) is 9.47. The van der Waals surface area contributed by atoms with E-state index in [1.165, 1.54) is 18.2 Å². The number of carbonyl (C=O) groups excluding carboxylic acids is 1. The second kappa shape index (κ2) is 11.8. The second-order valence-corrected chi connectivity index (χ2v) is 7.13. The number of hydrogen-bond acceptors (Lipinski definition) is 3. The third-order valence-electron chi connectivity index (χ3n) is 4.99. The summed E-state index contributed by atoms with van der Waals surface area (Å²) in [6, 6.07) is 11.3. The van der Waals surface area contributed by atoms with Crippen molar-refractivity contribution in [3.63, 3.8) is 0 Å². The maximum absolute atomic E-state index is 14.0. The van der Waals surface area contributed by atoms with Crippen LogP contribution in [0, 0.1) is 11.6 Å². The number of rotatable bonds is 6. The van der Waals surface area contributed by atoms with E-state index < -0.39 is 11.6 Å². The van der Waals surface area contributed by atoms with E-state index in [-0.39, 0.29) is 41.6 Å². The van der Waals surface area contributed by atoms with Crippen molar-refractivity contribution in [2.45, 2.75) is 25.9 Å². The predicted molar refractivity (Wildman–Crippen MR) is 130 cm³/mol. The molecule has 1 saturated heterocycles. The van der Waals surface area contributed by atoms with Gasteiger partial charge in [0, 0.05) is 44.8 Å². The second-order valence-electron chi connectivity index (χ2n) is 7.13. The number of halogens is 3. The van der Waals surface area contributed by atoms with Gasteiger partial charge < -0.3 is 20.9 Å². The molecule has 3 rings (SSSR count). The summed E-state index contributed by atoms with van der Waals surface area (Å²) in [4.78, 5) is 17.9. The largest absolute Gasteiger partial charge is 0.365 e. The molecule has 6 nitrogen and oxygen atoms in total. The van der Waals surface area contributed by atoms with Crippen LogP contribution >= 0.6 is 24.0 Å². The average Bonchev–Trinajstić information content (AvgIpc) is 3.19. The summed E-state index contributed by atoms with van der Waals surface area (Å²) in [6.45, 7) is 3.98. The van der Waals surface area contributed by atoms with Gasteiger partial charge in [0.2, 0.25) is 0 Å². The first-order valence-corrected chi connectivity index (χ1v) is 10.0. The van der Waals surface area contributed by atoms with Crippen molar-refractivity contribution in [2.75, 3.05) is 31.6 Å². The number of para-hydroxylation sites is 1. The van der Waals surface area contributed by atoms with Crippen LogP contribution in [0.3, 0.4) is 0 Å². The Hall–Kier alpha value is -2.43. The summed E-state index contributed by atoms with van der Waals surface area (Å²) in [5.41, 5.74) is 1.58. The summed E-state index contributed by atoms with van der Waals surface area (Å²) < 4.78 is 28.1. The van der Waals surface area contributed by atoms with Crippen molar-refractivity contribution in [1.29, 1.82) is 0 Å². The molecule has 0 radical (unpaired) electrons. The molecule has 9 heteroatoms. The highest BCUT2D eigenvalue weighted by Gasteiger charge is 2.27. The number of amides is 1. The van der Waals surface area contributed by atoms with Crippen LogP contribution in [0.25, 0.3) is 0 Å². The number of benzene rings is 2. The number of anilines is 1. The molecule has 1 amide bonds. The molecule has 0 aliphatic carbocycles. The molecule has 2 aromatic rings. The minimum atomic E-state index is -0.551. The van der Waals surface area contributed by atoms with Gasteiger partial charge in [-0.2, -0.15) is 0 Å². The fraction of sp³-hybridized carbons (Fsp3) is 0.364. The highest BCUT2D eigenvalue weighted by Crippen LogP contribution is 2.26. The first kappa shape index (κ1) is 24.8. The molecule has 168 valence electrons. The SMILES string of the molecule is CCNC(=O)c1cccc(CNC(=NC)NC2CCN(c3c(F)cccc3F)C2)c1.I. The fourth-order valence-electron chi connectivity index (χ4n) is 3.53. The van der Waals surface area contributed by atoms with Gasteiger partial charge in [0.15, 0.2) is 5.96 Å². The number of guanidine groups is 1. The highest BCUT2D eigenvalue weighted by molar-refractivity contribution is 14.0. The molecule has 0 bridgehead atoms. The van der Waals surface area contributed by atoms with Gasteiger partial charge in [0.1, 0.15) is 17.3 Å². The molecule has 31 heavy (non-hydrogen) atoms. The van der Waals surface area contributed by atoms with Gasteiger partial charge in [0.25, 0.3) is 5.91 Å². The monoisotopic (exact) mass is 543 g/mol. The number of carbonyl (C=O) groups is 1. The predicted octanol–water partition coefficient (Wildman–Crippen LogP) is 3.28. The Morgan fingerprint density at radius 1 is 1.16 bits per heavy atom. The zero-order valence-corrected chi connectivity index (χ0v) is 20.0. The van der Waals surface area contributed by atoms with Gasteiger partial charge in [-0.15, -0.1) is 24.0 Å². The molecule has 1 aliphatic heterocycles. The van der Waals surface area contributed by atoms with Crippen LogP contribution in [0.1, 0.15) is 29.3 Å². The summed E-state index contributed by atoms with van der Waals surface area (Å²) in [5.74, 6) is -0.608. The Morgan fingerprint density at radius 2 is 1.87 bits per heavy atom. The summed E-state index contributed by atoms with van der Waals surface area (Å²) in [7, 11) is 1.67. The molecule has 3 N–H and O–H groups in total. The Labute approximate surface area is 198 Å². The van der Waals surface area contributed by atoms with Gasteiger partial charge in [-0.05, 0) is 43.2 Å². The van der Waals surface area contributed by atoms with E-state index in [9.17, 15) is 13.6 Å². The van der Waals surface area contributed by atoms with E-state index in [1.54, 1.807) is 18.0 Å². The van der Waals surface area contributed by atoms with Crippen molar-refractivity contribution in [3.8, 4) is 0 Å². The van der Waals surface area contributed by atoms with Gasteiger partial charge in [-0.1, -0.05) is 18.2 Å². The normalized spacial score (nSPS) is 15.9. The third-order valence-corrected chi connectivity index (χ3v) is 4.99. The van der Waals surface area contributed by atoms with Gasteiger partial charge in [-0.3, -0.25) is 9.79 Å². The first-order chi connectivity index (χ1) is 14.5. The van der Waals surface area contributed by atoms with E-state index in [1.807, 2.05) is 25.1 Å². The van der Waals surface area contributed by atoms with Crippen molar-refractivity contribution in [1.82, 2.24) is 16.0 Å². The lowest BCUT2D eigenvalue weighted by molar-refractivity contribution is 0.0955. The first-order valence-electron chi connectivity index (χ1n) is 10.0. The number of hydrogen-bond donors (Lipinski definition) is 3. The molecule has 1 heterocycles. The van der Waals surface area contributed by atoms with Crippen LogP contribution in [-0.2, 0) is 6.54 Å². The highest BCUT2D eigenvalue weighted by atomic mass is 127. The molecule has 1 aliphatic rings. The quantitative estimate of drug-likeness (QED) is 0.298. The van der Waals surface area contributed by atoms with Gasteiger partial charge in [-0.25, -0.2) is 8.78 Å². The Morgan fingerprint density at radius 3 is 2.55 bits per heavy atom. The van der Waals surface area contributed by atoms with Crippen LogP contribution in [0.4, 0.5) is 14.5 Å². The van der Waals surface area contributed by atoms with E-state index >= 15 is 0 Å². The van der Waals surface area contributed by atoms with E-state index in [2.05, 4.69) is 20.9 Å². The Bertz CT molecular complexity index is 904. The summed E-state index contributed by atoms with van der Waals surface area (Å²) >= 11 is 0. The maximum Gasteiger partial charge on any atom is 0.251 e. The zero-order valence-electron chi connectivity index (χ0n) is 17.6. The Balaban J connectivity index is 0.00000341. The molecular formula is C22H28F2IN5O. The van der Waals surface area contributed by atoms with Crippen molar-refractivity contribution in [2.24, 2.45) is 4.99 Å². The minimum absolute atomic E-state index is 0. The van der Waals surface area contributed by atoms with Crippen LogP contribution < -0.4 is 20.9 Å². The minimum Gasteiger partial charge on any atom is -0.365 e. The van der Waals surface area contributed by atoms with Crippen molar-refractivity contribution in [3.05, 3.63) is 65.2 Å². The molecule has 2 aromatic carbocycles. The lowest BCUT2D eigenvalue weighted by Crippen LogP contribution is -2.44. The molecule has 0 spiro atoms. The molecular weight excluding hydrogens is 515 g/mol. The number of aliphatic imine (C=N–C) groups is 1. The zero-order chi connectivity index (χ0) is 21.5. The van der Waals surface area contributed by atoms with E-state index in [0.29, 0.717) is 37.7 Å².